The molecule has 2 atom stereocenters. The first-order chi connectivity index (χ1) is 17.8. The van der Waals surface area contributed by atoms with Gasteiger partial charge < -0.3 is 15.1 Å². The topological polar surface area (TPSA) is 108 Å². The molecule has 3 aromatic rings. The summed E-state index contributed by atoms with van der Waals surface area (Å²) >= 11 is 0. The van der Waals surface area contributed by atoms with Crippen molar-refractivity contribution in [3.05, 3.63) is 66.2 Å². The molecule has 0 amide bonds. The second kappa shape index (κ2) is 12.0. The molecule has 0 aliphatic carbocycles. The molecule has 0 unspecified atom stereocenters. The minimum atomic E-state index is -0.796. The highest BCUT2D eigenvalue weighted by atomic mass is 16.4. The zero-order valence-electron chi connectivity index (χ0n) is 21.6. The van der Waals surface area contributed by atoms with E-state index in [1.165, 1.54) is 4.80 Å². The maximum atomic E-state index is 10.7. The van der Waals surface area contributed by atoms with E-state index < -0.39 is 5.97 Å². The van der Waals surface area contributed by atoms with Crippen molar-refractivity contribution in [2.24, 2.45) is 0 Å². The van der Waals surface area contributed by atoms with Gasteiger partial charge in [-0.2, -0.15) is 4.80 Å². The number of benzene rings is 2. The number of aromatic nitrogens is 4. The SMILES string of the molecule is C=CCN1C[C@H](C)N(c2cc(O)cc(Cc3ccccc3-c3nnn(CCCCC(=O)O)n3)c2)C[C@H]1C. The van der Waals surface area contributed by atoms with Gasteiger partial charge in [0.2, 0.25) is 5.82 Å². The molecule has 2 heterocycles. The van der Waals surface area contributed by atoms with Crippen LogP contribution >= 0.6 is 0 Å². The predicted octanol–water partition coefficient (Wildman–Crippen LogP) is 3.98. The number of aromatic hydroxyl groups is 1. The fourth-order valence-corrected chi connectivity index (χ4v) is 4.99. The number of phenolic OH excluding ortho intramolecular Hbond substituents is 1. The number of unbranched alkanes of at least 4 members (excludes halogenated alkanes) is 1. The van der Waals surface area contributed by atoms with Crippen molar-refractivity contribution < 1.29 is 15.0 Å². The summed E-state index contributed by atoms with van der Waals surface area (Å²) in [6.07, 6.45) is 3.96. The van der Waals surface area contributed by atoms with Gasteiger partial charge in [0.25, 0.3) is 0 Å². The Morgan fingerprint density at radius 1 is 1.14 bits per heavy atom. The number of phenols is 1. The van der Waals surface area contributed by atoms with Gasteiger partial charge in [-0.05, 0) is 61.6 Å². The number of rotatable bonds is 11. The Balaban J connectivity index is 1.51. The number of carboxylic acid groups (broad SMARTS) is 1. The Labute approximate surface area is 218 Å². The summed E-state index contributed by atoms with van der Waals surface area (Å²) in [4.78, 5) is 17.0. The van der Waals surface area contributed by atoms with Crippen molar-refractivity contribution in [3.63, 3.8) is 0 Å². The fourth-order valence-electron chi connectivity index (χ4n) is 4.99. The highest BCUT2D eigenvalue weighted by Gasteiger charge is 2.28. The largest absolute Gasteiger partial charge is 0.508 e. The predicted molar refractivity (Wildman–Crippen MR) is 144 cm³/mol. The number of piperazine rings is 1. The molecule has 196 valence electrons. The van der Waals surface area contributed by atoms with Crippen molar-refractivity contribution >= 4 is 11.7 Å². The lowest BCUT2D eigenvalue weighted by atomic mass is 9.98. The molecule has 0 radical (unpaired) electrons. The Bertz CT molecular complexity index is 1230. The number of hydrogen-bond acceptors (Lipinski definition) is 7. The molecule has 1 fully saturated rings. The van der Waals surface area contributed by atoms with Crippen LogP contribution in [0.25, 0.3) is 11.4 Å². The van der Waals surface area contributed by atoms with Crippen molar-refractivity contribution in [1.82, 2.24) is 25.1 Å². The highest BCUT2D eigenvalue weighted by Crippen LogP contribution is 2.30. The number of carboxylic acids is 1. The molecule has 1 aromatic heterocycles. The Morgan fingerprint density at radius 2 is 1.95 bits per heavy atom. The number of nitrogens with zero attached hydrogens (tertiary/aromatic N) is 6. The van der Waals surface area contributed by atoms with Crippen molar-refractivity contribution in [1.29, 1.82) is 0 Å². The number of hydrogen-bond donors (Lipinski definition) is 2. The molecule has 1 saturated heterocycles. The third-order valence-corrected chi connectivity index (χ3v) is 6.88. The quantitative estimate of drug-likeness (QED) is 0.298. The molecule has 4 rings (SSSR count). The third kappa shape index (κ3) is 6.74. The van der Waals surface area contributed by atoms with E-state index in [0.717, 1.165) is 42.0 Å². The van der Waals surface area contributed by atoms with Crippen LogP contribution in [0.4, 0.5) is 5.69 Å². The van der Waals surface area contributed by atoms with E-state index in [1.807, 2.05) is 42.5 Å². The molecule has 9 nitrogen and oxygen atoms in total. The highest BCUT2D eigenvalue weighted by molar-refractivity contribution is 5.66. The average molecular weight is 505 g/mol. The minimum Gasteiger partial charge on any atom is -0.508 e. The first-order valence-corrected chi connectivity index (χ1v) is 12.9. The number of aliphatic carboxylic acids is 1. The number of carbonyl (C=O) groups is 1. The van der Waals surface area contributed by atoms with Crippen molar-refractivity contribution in [2.75, 3.05) is 24.5 Å². The fraction of sp³-hybridized carbons (Fsp3) is 0.429. The first kappa shape index (κ1) is 26.3. The van der Waals surface area contributed by atoms with Crippen molar-refractivity contribution in [2.45, 2.75) is 58.2 Å². The monoisotopic (exact) mass is 504 g/mol. The van der Waals surface area contributed by atoms with Crippen LogP contribution in [0.2, 0.25) is 0 Å². The van der Waals surface area contributed by atoms with Crippen LogP contribution in [-0.2, 0) is 17.8 Å². The van der Waals surface area contributed by atoms with Crippen LogP contribution in [-0.4, -0.2) is 73.0 Å². The van der Waals surface area contributed by atoms with Gasteiger partial charge in [0.15, 0.2) is 0 Å². The molecular formula is C28H36N6O3. The van der Waals surface area contributed by atoms with Gasteiger partial charge in [-0.1, -0.05) is 30.3 Å². The summed E-state index contributed by atoms with van der Waals surface area (Å²) in [5.74, 6) is -0.00557. The van der Waals surface area contributed by atoms with E-state index in [4.69, 9.17) is 5.11 Å². The lowest BCUT2D eigenvalue weighted by molar-refractivity contribution is -0.137. The third-order valence-electron chi connectivity index (χ3n) is 6.88. The van der Waals surface area contributed by atoms with Crippen LogP contribution in [0.1, 0.15) is 44.2 Å². The minimum absolute atomic E-state index is 0.137. The van der Waals surface area contributed by atoms with E-state index in [2.05, 4.69) is 51.7 Å². The van der Waals surface area contributed by atoms with Gasteiger partial charge in [-0.3, -0.25) is 9.69 Å². The van der Waals surface area contributed by atoms with Crippen LogP contribution in [0, 0.1) is 0 Å². The normalized spacial score (nSPS) is 18.2. The Hall–Kier alpha value is -3.72. The summed E-state index contributed by atoms with van der Waals surface area (Å²) in [6.45, 7) is 11.6. The summed E-state index contributed by atoms with van der Waals surface area (Å²) in [5.41, 5.74) is 3.97. The standard InChI is InChI=1S/C28H36N6O3/c1-4-12-32-18-21(3)33(19-20(32)2)24-15-22(16-25(35)17-24)14-23-9-5-6-10-26(23)28-29-31-34(30-28)13-8-7-11-27(36)37/h4-6,9-10,15-17,20-21,35H,1,7-8,11-14,18-19H2,2-3H3,(H,36,37)/t20-,21+/m1/s1. The smallest absolute Gasteiger partial charge is 0.303 e. The summed E-state index contributed by atoms with van der Waals surface area (Å²) < 4.78 is 0. The van der Waals surface area contributed by atoms with E-state index in [-0.39, 0.29) is 12.2 Å². The van der Waals surface area contributed by atoms with Gasteiger partial charge in [0, 0.05) is 55.5 Å². The second-order valence-corrected chi connectivity index (χ2v) is 9.84. The lowest BCUT2D eigenvalue weighted by Crippen LogP contribution is -2.56. The maximum Gasteiger partial charge on any atom is 0.303 e. The molecule has 2 aromatic carbocycles. The number of anilines is 1. The molecule has 0 bridgehead atoms. The van der Waals surface area contributed by atoms with Crippen LogP contribution in [0.15, 0.2) is 55.1 Å². The van der Waals surface area contributed by atoms with Gasteiger partial charge in [-0.25, -0.2) is 0 Å². The van der Waals surface area contributed by atoms with Crippen LogP contribution in [0.3, 0.4) is 0 Å². The van der Waals surface area contributed by atoms with Crippen LogP contribution < -0.4 is 4.90 Å². The first-order valence-electron chi connectivity index (χ1n) is 12.9. The molecule has 9 heteroatoms. The van der Waals surface area contributed by atoms with Gasteiger partial charge in [-0.15, -0.1) is 16.8 Å². The van der Waals surface area contributed by atoms with E-state index >= 15 is 0 Å². The van der Waals surface area contributed by atoms with Crippen molar-refractivity contribution in [3.8, 4) is 17.1 Å². The molecule has 1 aliphatic heterocycles. The van der Waals surface area contributed by atoms with E-state index in [9.17, 15) is 9.90 Å². The van der Waals surface area contributed by atoms with Gasteiger partial charge >= 0.3 is 5.97 Å². The maximum absolute atomic E-state index is 10.7. The van der Waals surface area contributed by atoms with E-state index in [1.54, 1.807) is 0 Å². The zero-order chi connectivity index (χ0) is 26.4. The second-order valence-electron chi connectivity index (χ2n) is 9.84. The molecule has 2 N–H and O–H groups in total. The Morgan fingerprint density at radius 3 is 2.73 bits per heavy atom. The van der Waals surface area contributed by atoms with Gasteiger partial charge in [0.05, 0.1) is 6.54 Å². The number of tetrazole rings is 1. The molecular weight excluding hydrogens is 468 g/mol. The van der Waals surface area contributed by atoms with Crippen LogP contribution in [0.5, 0.6) is 5.75 Å². The number of aryl methyl sites for hydroxylation is 1. The average Bonchev–Trinajstić information content (AvgIpc) is 3.33. The van der Waals surface area contributed by atoms with Gasteiger partial charge in [0.1, 0.15) is 5.75 Å². The molecule has 1 aliphatic rings. The Kier molecular flexibility index (Phi) is 8.55. The summed E-state index contributed by atoms with van der Waals surface area (Å²) in [5, 5.41) is 32.3. The van der Waals surface area contributed by atoms with E-state index in [0.29, 0.717) is 43.7 Å². The molecule has 0 spiro atoms. The lowest BCUT2D eigenvalue weighted by Gasteiger charge is -2.45. The summed E-state index contributed by atoms with van der Waals surface area (Å²) in [6, 6.07) is 14.5. The molecule has 0 saturated carbocycles. The zero-order valence-corrected chi connectivity index (χ0v) is 21.6. The summed E-state index contributed by atoms with van der Waals surface area (Å²) in [7, 11) is 0. The molecule has 37 heavy (non-hydrogen) atoms.